The highest BCUT2D eigenvalue weighted by atomic mass is 35.5. The molecule has 1 aliphatic rings. The number of carbonyl (C=O) groups excluding carboxylic acids is 1. The van der Waals surface area contributed by atoms with Gasteiger partial charge < -0.3 is 5.32 Å². The minimum absolute atomic E-state index is 0.0205. The van der Waals surface area contributed by atoms with Gasteiger partial charge >= 0.3 is 0 Å². The van der Waals surface area contributed by atoms with Crippen molar-refractivity contribution in [2.24, 2.45) is 17.3 Å². The second kappa shape index (κ2) is 7.69. The molecule has 0 aliphatic heterocycles. The highest BCUT2D eigenvalue weighted by Crippen LogP contribution is 2.60. The first-order chi connectivity index (χ1) is 13.1. The standard InChI is InChI=1S/C18H18Cl2N4O3S/c1-18(2)13(10-14(19)20)15(18)16(25)23-11-4-6-12(7-5-11)28(26,27)24-17-21-8-3-9-22-17/h3-10,13,15H,1-2H3,(H,23,25)(H,21,22,24)/t13-,15+/m0/s1. The second-order valence-corrected chi connectivity index (χ2v) is 9.66. The van der Waals surface area contributed by atoms with Crippen LogP contribution in [-0.4, -0.2) is 24.3 Å². The van der Waals surface area contributed by atoms with Gasteiger partial charge in [0, 0.05) is 18.1 Å². The zero-order valence-electron chi connectivity index (χ0n) is 15.1. The summed E-state index contributed by atoms with van der Waals surface area (Å²) in [4.78, 5) is 20.2. The van der Waals surface area contributed by atoms with E-state index in [1.54, 1.807) is 12.1 Å². The molecule has 1 amide bonds. The molecule has 0 bridgehead atoms. The van der Waals surface area contributed by atoms with Crippen LogP contribution in [-0.2, 0) is 14.8 Å². The van der Waals surface area contributed by atoms with Gasteiger partial charge in [-0.05, 0) is 47.7 Å². The lowest BCUT2D eigenvalue weighted by atomic mass is 10.1. The Labute approximate surface area is 173 Å². The Bertz CT molecular complexity index is 1000. The zero-order chi connectivity index (χ0) is 20.5. The first-order valence-electron chi connectivity index (χ1n) is 8.35. The molecule has 1 heterocycles. The number of aromatic nitrogens is 2. The molecule has 0 radical (unpaired) electrons. The maximum atomic E-state index is 12.5. The van der Waals surface area contributed by atoms with Gasteiger partial charge in [-0.1, -0.05) is 37.0 Å². The molecule has 2 N–H and O–H groups in total. The van der Waals surface area contributed by atoms with E-state index in [0.29, 0.717) is 5.69 Å². The van der Waals surface area contributed by atoms with Crippen molar-refractivity contribution in [3.63, 3.8) is 0 Å². The van der Waals surface area contributed by atoms with Gasteiger partial charge in [-0.3, -0.25) is 4.79 Å². The minimum Gasteiger partial charge on any atom is -0.326 e. The Kier molecular flexibility index (Phi) is 5.65. The van der Waals surface area contributed by atoms with E-state index in [1.807, 2.05) is 13.8 Å². The van der Waals surface area contributed by atoms with Crippen molar-refractivity contribution in [2.75, 3.05) is 10.0 Å². The average Bonchev–Trinajstić information content (AvgIpc) is 3.15. The lowest BCUT2D eigenvalue weighted by Crippen LogP contribution is -2.17. The smallest absolute Gasteiger partial charge is 0.264 e. The summed E-state index contributed by atoms with van der Waals surface area (Å²) in [5.41, 5.74) is 0.240. The van der Waals surface area contributed by atoms with Gasteiger partial charge in [0.25, 0.3) is 10.0 Å². The van der Waals surface area contributed by atoms with Crippen LogP contribution in [0, 0.1) is 17.3 Å². The summed E-state index contributed by atoms with van der Waals surface area (Å²) < 4.78 is 27.2. The van der Waals surface area contributed by atoms with Crippen molar-refractivity contribution in [1.82, 2.24) is 9.97 Å². The number of rotatable bonds is 6. The van der Waals surface area contributed by atoms with Gasteiger partial charge in [-0.15, -0.1) is 0 Å². The lowest BCUT2D eigenvalue weighted by Gasteiger charge is -2.09. The van der Waals surface area contributed by atoms with Crippen molar-refractivity contribution in [3.05, 3.63) is 53.3 Å². The van der Waals surface area contributed by atoms with Crippen LogP contribution < -0.4 is 10.0 Å². The molecule has 1 aliphatic carbocycles. The Morgan fingerprint density at radius 3 is 2.32 bits per heavy atom. The number of amides is 1. The molecule has 2 aromatic rings. The summed E-state index contributed by atoms with van der Waals surface area (Å²) in [6.07, 6.45) is 4.53. The summed E-state index contributed by atoms with van der Waals surface area (Å²) in [6, 6.07) is 7.41. The maximum Gasteiger partial charge on any atom is 0.264 e. The summed E-state index contributed by atoms with van der Waals surface area (Å²) in [5, 5.41) is 2.80. The predicted octanol–water partition coefficient (Wildman–Crippen LogP) is 3.81. The molecule has 2 atom stereocenters. The van der Waals surface area contributed by atoms with Crippen LogP contribution in [0.25, 0.3) is 0 Å². The number of anilines is 2. The molecule has 0 saturated heterocycles. The van der Waals surface area contributed by atoms with Crippen LogP contribution in [0.4, 0.5) is 11.6 Å². The fourth-order valence-electron chi connectivity index (χ4n) is 3.09. The Morgan fingerprint density at radius 1 is 1.14 bits per heavy atom. The monoisotopic (exact) mass is 440 g/mol. The number of nitrogens with zero attached hydrogens (tertiary/aromatic N) is 2. The van der Waals surface area contributed by atoms with Crippen LogP contribution >= 0.6 is 23.2 Å². The van der Waals surface area contributed by atoms with Gasteiger partial charge in [0.05, 0.1) is 10.8 Å². The van der Waals surface area contributed by atoms with E-state index in [9.17, 15) is 13.2 Å². The summed E-state index contributed by atoms with van der Waals surface area (Å²) in [5.74, 6) is -0.507. The predicted molar refractivity (Wildman–Crippen MR) is 108 cm³/mol. The number of nitrogens with one attached hydrogen (secondary N) is 2. The highest BCUT2D eigenvalue weighted by molar-refractivity contribution is 7.92. The molecule has 1 fully saturated rings. The molecule has 7 nitrogen and oxygen atoms in total. The highest BCUT2D eigenvalue weighted by Gasteiger charge is 2.60. The van der Waals surface area contributed by atoms with Crippen molar-refractivity contribution >= 4 is 50.8 Å². The fraction of sp³-hybridized carbons (Fsp3) is 0.278. The third-order valence-corrected chi connectivity index (χ3v) is 6.32. The molecule has 148 valence electrons. The van der Waals surface area contributed by atoms with Crippen molar-refractivity contribution in [3.8, 4) is 0 Å². The van der Waals surface area contributed by atoms with E-state index in [4.69, 9.17) is 23.2 Å². The number of halogens is 2. The largest absolute Gasteiger partial charge is 0.326 e. The van der Waals surface area contributed by atoms with Crippen LogP contribution in [0.3, 0.4) is 0 Å². The van der Waals surface area contributed by atoms with Gasteiger partial charge in [-0.2, -0.15) is 0 Å². The SMILES string of the molecule is CC1(C)[C@@H](C=C(Cl)Cl)[C@@H]1C(=O)Nc1ccc(S(=O)(=O)Nc2ncccn2)cc1. The second-order valence-electron chi connectivity index (χ2n) is 6.97. The first-order valence-corrected chi connectivity index (χ1v) is 10.6. The molecule has 0 spiro atoms. The van der Waals surface area contributed by atoms with E-state index in [2.05, 4.69) is 20.0 Å². The number of hydrogen-bond acceptors (Lipinski definition) is 5. The fourth-order valence-corrected chi connectivity index (χ4v) is 4.32. The Morgan fingerprint density at radius 2 is 1.75 bits per heavy atom. The van der Waals surface area contributed by atoms with Gasteiger partial charge in [0.2, 0.25) is 11.9 Å². The van der Waals surface area contributed by atoms with E-state index in [-0.39, 0.29) is 38.5 Å². The lowest BCUT2D eigenvalue weighted by molar-refractivity contribution is -0.118. The minimum atomic E-state index is -3.83. The van der Waals surface area contributed by atoms with Gasteiger partial charge in [0.15, 0.2) is 0 Å². The number of benzene rings is 1. The molecule has 1 aromatic carbocycles. The van der Waals surface area contributed by atoms with E-state index < -0.39 is 10.0 Å². The van der Waals surface area contributed by atoms with E-state index in [1.165, 1.54) is 36.7 Å². The number of allylic oxidation sites excluding steroid dienone is 1. The zero-order valence-corrected chi connectivity index (χ0v) is 17.4. The van der Waals surface area contributed by atoms with Crippen molar-refractivity contribution < 1.29 is 13.2 Å². The number of hydrogen-bond donors (Lipinski definition) is 2. The number of carbonyl (C=O) groups is 1. The molecular weight excluding hydrogens is 423 g/mol. The molecule has 1 saturated carbocycles. The Hall–Kier alpha value is -2.16. The summed E-state index contributed by atoms with van der Waals surface area (Å²) >= 11 is 11.4. The average molecular weight is 441 g/mol. The molecule has 3 rings (SSSR count). The van der Waals surface area contributed by atoms with Crippen LogP contribution in [0.2, 0.25) is 0 Å². The van der Waals surface area contributed by atoms with Crippen molar-refractivity contribution in [2.45, 2.75) is 18.7 Å². The van der Waals surface area contributed by atoms with Gasteiger partial charge in [-0.25, -0.2) is 23.1 Å². The topological polar surface area (TPSA) is 101 Å². The number of sulfonamides is 1. The third-order valence-electron chi connectivity index (χ3n) is 4.72. The quantitative estimate of drug-likeness (QED) is 0.710. The molecule has 0 unspecified atom stereocenters. The normalized spacial score (nSPS) is 20.1. The summed E-state index contributed by atoms with van der Waals surface area (Å²) in [6.45, 7) is 3.92. The van der Waals surface area contributed by atoms with Crippen LogP contribution in [0.5, 0.6) is 0 Å². The van der Waals surface area contributed by atoms with Crippen LogP contribution in [0.15, 0.2) is 58.2 Å². The van der Waals surface area contributed by atoms with Crippen LogP contribution in [0.1, 0.15) is 13.8 Å². The van der Waals surface area contributed by atoms with E-state index >= 15 is 0 Å². The molecule has 1 aromatic heterocycles. The maximum absolute atomic E-state index is 12.5. The summed E-state index contributed by atoms with van der Waals surface area (Å²) in [7, 11) is -3.83. The molecular formula is C18H18Cl2N4O3S. The van der Waals surface area contributed by atoms with E-state index in [0.717, 1.165) is 0 Å². The van der Waals surface area contributed by atoms with Crippen molar-refractivity contribution in [1.29, 1.82) is 0 Å². The third kappa shape index (κ3) is 4.45. The molecule has 28 heavy (non-hydrogen) atoms. The molecule has 10 heteroatoms. The van der Waals surface area contributed by atoms with Gasteiger partial charge in [0.1, 0.15) is 4.49 Å². The first kappa shape index (κ1) is 20.6. The Balaban J connectivity index is 1.68.